The molecule has 0 amide bonds. The third kappa shape index (κ3) is 4.55. The first-order chi connectivity index (χ1) is 12.9. The molecule has 4 rings (SSSR count). The lowest BCUT2D eigenvalue weighted by Gasteiger charge is -2.32. The Morgan fingerprint density at radius 1 is 1.04 bits per heavy atom. The Balaban J connectivity index is 1.23. The van der Waals surface area contributed by atoms with Gasteiger partial charge < -0.3 is 5.32 Å². The first-order valence-corrected chi connectivity index (χ1v) is 10.0. The molecule has 0 aliphatic carbocycles. The monoisotopic (exact) mass is 364 g/mol. The highest BCUT2D eigenvalue weighted by Gasteiger charge is 2.19. The molecular weight excluding hydrogens is 340 g/mol. The largest absolute Gasteiger partial charge is 0.308 e. The summed E-state index contributed by atoms with van der Waals surface area (Å²) in [6.45, 7) is 4.24. The lowest BCUT2D eigenvalue weighted by atomic mass is 10.0. The predicted molar refractivity (Wildman–Crippen MR) is 107 cm³/mol. The fourth-order valence-electron chi connectivity index (χ4n) is 3.40. The molecule has 3 aromatic rings. The van der Waals surface area contributed by atoms with Crippen molar-refractivity contribution in [2.75, 3.05) is 13.1 Å². The quantitative estimate of drug-likeness (QED) is 0.719. The van der Waals surface area contributed by atoms with Gasteiger partial charge in [-0.3, -0.25) is 9.88 Å². The van der Waals surface area contributed by atoms with E-state index < -0.39 is 0 Å². The van der Waals surface area contributed by atoms with Gasteiger partial charge in [0.15, 0.2) is 0 Å². The van der Waals surface area contributed by atoms with Gasteiger partial charge >= 0.3 is 0 Å². The molecule has 3 heterocycles. The van der Waals surface area contributed by atoms with Crippen LogP contribution in [0.25, 0.3) is 10.4 Å². The van der Waals surface area contributed by atoms with Crippen molar-refractivity contribution in [3.63, 3.8) is 0 Å². The van der Waals surface area contributed by atoms with Crippen LogP contribution in [0.1, 0.15) is 23.4 Å². The molecule has 26 heavy (non-hydrogen) atoms. The number of piperidine rings is 1. The van der Waals surface area contributed by atoms with Gasteiger partial charge in [0.05, 0.1) is 4.88 Å². The van der Waals surface area contributed by atoms with Crippen LogP contribution in [0.2, 0.25) is 0 Å². The molecule has 134 valence electrons. The molecule has 5 heteroatoms. The number of hydrogen-bond acceptors (Lipinski definition) is 5. The average molecular weight is 365 g/mol. The molecule has 1 fully saturated rings. The molecule has 0 bridgehead atoms. The number of likely N-dealkylation sites (tertiary alicyclic amines) is 1. The van der Waals surface area contributed by atoms with Gasteiger partial charge in [-0.25, -0.2) is 4.98 Å². The van der Waals surface area contributed by atoms with E-state index in [9.17, 15) is 0 Å². The van der Waals surface area contributed by atoms with Crippen LogP contribution in [-0.2, 0) is 13.1 Å². The topological polar surface area (TPSA) is 41.0 Å². The smallest absolute Gasteiger partial charge is 0.107 e. The van der Waals surface area contributed by atoms with Crippen LogP contribution >= 0.6 is 11.3 Å². The van der Waals surface area contributed by atoms with E-state index in [-0.39, 0.29) is 0 Å². The molecule has 0 atom stereocenters. The van der Waals surface area contributed by atoms with Crippen molar-refractivity contribution in [1.29, 1.82) is 0 Å². The van der Waals surface area contributed by atoms with E-state index in [0.717, 1.165) is 36.8 Å². The van der Waals surface area contributed by atoms with Gasteiger partial charge in [-0.05, 0) is 37.6 Å². The van der Waals surface area contributed by atoms with E-state index in [1.54, 1.807) is 17.5 Å². The SMILES string of the molecule is c1ccc(CN2CCC(NCc3ncc(-c4cccnc4)s3)CC2)cc1. The Kier molecular flexibility index (Phi) is 5.69. The number of thiazole rings is 1. The molecule has 0 saturated carbocycles. The minimum absolute atomic E-state index is 0.591. The minimum atomic E-state index is 0.591. The summed E-state index contributed by atoms with van der Waals surface area (Å²) in [6, 6.07) is 15.4. The van der Waals surface area contributed by atoms with Crippen molar-refractivity contribution in [2.24, 2.45) is 0 Å². The first kappa shape index (κ1) is 17.3. The Morgan fingerprint density at radius 3 is 2.65 bits per heavy atom. The molecule has 0 spiro atoms. The summed E-state index contributed by atoms with van der Waals surface area (Å²) in [5.74, 6) is 0. The summed E-state index contributed by atoms with van der Waals surface area (Å²) in [5, 5.41) is 4.84. The van der Waals surface area contributed by atoms with Crippen LogP contribution < -0.4 is 5.32 Å². The fourth-order valence-corrected chi connectivity index (χ4v) is 4.26. The van der Waals surface area contributed by atoms with Crippen LogP contribution in [0.3, 0.4) is 0 Å². The molecule has 1 aromatic carbocycles. The predicted octanol–water partition coefficient (Wildman–Crippen LogP) is 3.96. The number of benzene rings is 1. The standard InChI is InChI=1S/C21H24N4S/c1-2-5-17(6-3-1)16-25-11-8-19(9-12-25)23-15-21-24-14-20(26-21)18-7-4-10-22-13-18/h1-7,10,13-14,19,23H,8-9,11-12,15-16H2. The highest BCUT2D eigenvalue weighted by Crippen LogP contribution is 2.25. The van der Waals surface area contributed by atoms with E-state index in [1.807, 2.05) is 18.5 Å². The Labute approximate surface area is 158 Å². The van der Waals surface area contributed by atoms with E-state index in [2.05, 4.69) is 56.6 Å². The number of aromatic nitrogens is 2. The van der Waals surface area contributed by atoms with Crippen LogP contribution in [0, 0.1) is 0 Å². The van der Waals surface area contributed by atoms with E-state index in [0.29, 0.717) is 6.04 Å². The lowest BCUT2D eigenvalue weighted by molar-refractivity contribution is 0.190. The van der Waals surface area contributed by atoms with Gasteiger partial charge in [-0.1, -0.05) is 36.4 Å². The summed E-state index contributed by atoms with van der Waals surface area (Å²) in [4.78, 5) is 12.5. The van der Waals surface area contributed by atoms with Crippen LogP contribution in [0.5, 0.6) is 0 Å². The first-order valence-electron chi connectivity index (χ1n) is 9.21. The summed E-state index contributed by atoms with van der Waals surface area (Å²) in [5.41, 5.74) is 2.55. The normalized spacial score (nSPS) is 16.0. The Morgan fingerprint density at radius 2 is 1.88 bits per heavy atom. The van der Waals surface area contributed by atoms with Gasteiger partial charge in [0.2, 0.25) is 0 Å². The maximum atomic E-state index is 4.57. The van der Waals surface area contributed by atoms with Crippen molar-refractivity contribution in [1.82, 2.24) is 20.2 Å². The molecule has 1 saturated heterocycles. The van der Waals surface area contributed by atoms with E-state index >= 15 is 0 Å². The summed E-state index contributed by atoms with van der Waals surface area (Å²) >= 11 is 1.75. The van der Waals surface area contributed by atoms with Crippen molar-refractivity contribution in [3.05, 3.63) is 71.6 Å². The Bertz CT molecular complexity index is 795. The molecule has 1 aliphatic rings. The average Bonchev–Trinajstić information content (AvgIpc) is 3.18. The highest BCUT2D eigenvalue weighted by atomic mass is 32.1. The van der Waals surface area contributed by atoms with E-state index in [1.165, 1.54) is 23.3 Å². The summed E-state index contributed by atoms with van der Waals surface area (Å²) in [7, 11) is 0. The van der Waals surface area contributed by atoms with Crippen molar-refractivity contribution in [2.45, 2.75) is 32.0 Å². The number of rotatable bonds is 6. The maximum Gasteiger partial charge on any atom is 0.107 e. The van der Waals surface area contributed by atoms with Gasteiger partial charge in [-0.2, -0.15) is 0 Å². The molecule has 1 N–H and O–H groups in total. The zero-order chi connectivity index (χ0) is 17.6. The van der Waals surface area contributed by atoms with Crippen LogP contribution in [0.4, 0.5) is 0 Å². The minimum Gasteiger partial charge on any atom is -0.308 e. The third-order valence-corrected chi connectivity index (χ3v) is 5.92. The van der Waals surface area contributed by atoms with Gasteiger partial charge in [0, 0.05) is 43.3 Å². The number of nitrogens with one attached hydrogen (secondary N) is 1. The number of hydrogen-bond donors (Lipinski definition) is 1. The van der Waals surface area contributed by atoms with Crippen molar-refractivity contribution < 1.29 is 0 Å². The van der Waals surface area contributed by atoms with Gasteiger partial charge in [-0.15, -0.1) is 11.3 Å². The second-order valence-electron chi connectivity index (χ2n) is 6.78. The molecule has 0 radical (unpaired) electrons. The third-order valence-electron chi connectivity index (χ3n) is 4.88. The second kappa shape index (κ2) is 8.54. The Hall–Kier alpha value is -2.08. The van der Waals surface area contributed by atoms with E-state index in [4.69, 9.17) is 0 Å². The summed E-state index contributed by atoms with van der Waals surface area (Å²) in [6.07, 6.45) is 8.06. The molecule has 2 aromatic heterocycles. The molecule has 1 aliphatic heterocycles. The number of pyridine rings is 1. The zero-order valence-electron chi connectivity index (χ0n) is 14.8. The maximum absolute atomic E-state index is 4.57. The van der Waals surface area contributed by atoms with Crippen LogP contribution in [-0.4, -0.2) is 34.0 Å². The van der Waals surface area contributed by atoms with Gasteiger partial charge in [0.1, 0.15) is 5.01 Å². The van der Waals surface area contributed by atoms with Crippen LogP contribution in [0.15, 0.2) is 61.1 Å². The van der Waals surface area contributed by atoms with Crippen molar-refractivity contribution >= 4 is 11.3 Å². The zero-order valence-corrected chi connectivity index (χ0v) is 15.7. The highest BCUT2D eigenvalue weighted by molar-refractivity contribution is 7.15. The lowest BCUT2D eigenvalue weighted by Crippen LogP contribution is -2.41. The summed E-state index contributed by atoms with van der Waals surface area (Å²) < 4.78 is 0. The fraction of sp³-hybridized carbons (Fsp3) is 0.333. The van der Waals surface area contributed by atoms with Crippen molar-refractivity contribution in [3.8, 4) is 10.4 Å². The second-order valence-corrected chi connectivity index (χ2v) is 7.89. The molecule has 4 nitrogen and oxygen atoms in total. The van der Waals surface area contributed by atoms with Gasteiger partial charge in [0.25, 0.3) is 0 Å². The number of nitrogens with zero attached hydrogens (tertiary/aromatic N) is 3. The molecular formula is C21H24N4S. The molecule has 0 unspecified atom stereocenters.